The summed E-state index contributed by atoms with van der Waals surface area (Å²) in [5, 5.41) is 0. The van der Waals surface area contributed by atoms with E-state index in [4.69, 9.17) is 0 Å². The molecule has 8 heteroatoms. The number of imidazole rings is 1. The fraction of sp³-hybridized carbons (Fsp3) is 0.267. The van der Waals surface area contributed by atoms with E-state index in [-0.39, 0.29) is 18.1 Å². The quantitative estimate of drug-likeness (QED) is 0.722. The second-order valence-corrected chi connectivity index (χ2v) is 7.56. The van der Waals surface area contributed by atoms with Crippen molar-refractivity contribution >= 4 is 21.7 Å². The molecule has 1 aromatic heterocycles. The van der Waals surface area contributed by atoms with E-state index in [1.165, 1.54) is 0 Å². The molecule has 2 aromatic rings. The second kappa shape index (κ2) is 5.96. The van der Waals surface area contributed by atoms with Crippen molar-refractivity contribution in [2.45, 2.75) is 6.54 Å². The lowest BCUT2D eigenvalue weighted by Gasteiger charge is -2.13. The number of carbonyl (C=O) groups is 2. The van der Waals surface area contributed by atoms with Gasteiger partial charge in [-0.3, -0.25) is 14.5 Å². The Hall–Kier alpha value is -2.48. The minimum Gasteiger partial charge on any atom is -0.336 e. The topological polar surface area (TPSA) is 89.3 Å². The minimum atomic E-state index is -3.37. The highest BCUT2D eigenvalue weighted by molar-refractivity contribution is 7.91. The molecular weight excluding hydrogens is 318 g/mol. The van der Waals surface area contributed by atoms with Gasteiger partial charge in [0.25, 0.3) is 11.8 Å². The number of imide groups is 1. The molecule has 0 fully saturated rings. The third-order valence-corrected chi connectivity index (χ3v) is 5.33. The van der Waals surface area contributed by atoms with E-state index < -0.39 is 21.7 Å². The molecule has 0 spiro atoms. The number of amides is 2. The molecule has 0 aliphatic carbocycles. The van der Waals surface area contributed by atoms with Gasteiger partial charge in [-0.05, 0) is 12.1 Å². The van der Waals surface area contributed by atoms with Crippen LogP contribution < -0.4 is 0 Å². The average Bonchev–Trinajstić information content (AvgIpc) is 3.13. The van der Waals surface area contributed by atoms with Crippen LogP contribution in [0.5, 0.6) is 0 Å². The van der Waals surface area contributed by atoms with Gasteiger partial charge in [-0.25, -0.2) is 13.4 Å². The summed E-state index contributed by atoms with van der Waals surface area (Å²) < 4.78 is 25.8. The second-order valence-electron chi connectivity index (χ2n) is 5.26. The van der Waals surface area contributed by atoms with Crippen LogP contribution >= 0.6 is 0 Å². The Morgan fingerprint density at radius 1 is 0.957 bits per heavy atom. The highest BCUT2D eigenvalue weighted by atomic mass is 32.2. The first-order chi connectivity index (χ1) is 11.0. The number of carbonyl (C=O) groups excluding carboxylic acids is 2. The van der Waals surface area contributed by atoms with E-state index in [2.05, 4.69) is 4.98 Å². The molecule has 3 rings (SSSR count). The standard InChI is InChI=1S/C15H15N3O4S/c19-14-12-3-1-2-4-13(12)15(20)18(14)8-10-23(21,22)9-7-17-6-5-16-11-17/h1-6,11H,7-10H2. The molecule has 120 valence electrons. The number of sulfone groups is 1. The van der Waals surface area contributed by atoms with Gasteiger partial charge in [-0.2, -0.15) is 0 Å². The fourth-order valence-corrected chi connectivity index (χ4v) is 3.59. The number of aromatic nitrogens is 2. The van der Waals surface area contributed by atoms with Gasteiger partial charge in [0.05, 0.1) is 29.0 Å². The molecule has 0 saturated heterocycles. The molecule has 23 heavy (non-hydrogen) atoms. The van der Waals surface area contributed by atoms with Crippen molar-refractivity contribution < 1.29 is 18.0 Å². The maximum absolute atomic E-state index is 12.2. The van der Waals surface area contributed by atoms with Crippen LogP contribution in [0.15, 0.2) is 43.0 Å². The summed E-state index contributed by atoms with van der Waals surface area (Å²) in [7, 11) is -3.37. The molecule has 7 nitrogen and oxygen atoms in total. The Kier molecular flexibility index (Phi) is 3.99. The van der Waals surface area contributed by atoms with Gasteiger partial charge in [-0.15, -0.1) is 0 Å². The molecule has 0 bridgehead atoms. The zero-order valence-electron chi connectivity index (χ0n) is 12.3. The van der Waals surface area contributed by atoms with E-state index in [0.29, 0.717) is 17.7 Å². The first-order valence-electron chi connectivity index (χ1n) is 7.09. The highest BCUT2D eigenvalue weighted by Crippen LogP contribution is 2.22. The molecule has 1 aliphatic rings. The zero-order chi connectivity index (χ0) is 16.4. The lowest BCUT2D eigenvalue weighted by molar-refractivity contribution is 0.0664. The number of hydrogen-bond acceptors (Lipinski definition) is 5. The number of benzene rings is 1. The molecule has 0 N–H and O–H groups in total. The lowest BCUT2D eigenvalue weighted by Crippen LogP contribution is -2.35. The van der Waals surface area contributed by atoms with Gasteiger partial charge in [0.1, 0.15) is 0 Å². The Bertz CT molecular complexity index is 808. The van der Waals surface area contributed by atoms with Crippen molar-refractivity contribution in [2.24, 2.45) is 0 Å². The molecular formula is C15H15N3O4S. The van der Waals surface area contributed by atoms with Crippen LogP contribution in [0.2, 0.25) is 0 Å². The Balaban J connectivity index is 1.62. The summed E-state index contributed by atoms with van der Waals surface area (Å²) in [6.45, 7) is 0.170. The van der Waals surface area contributed by atoms with E-state index in [0.717, 1.165) is 4.90 Å². The number of rotatable bonds is 6. The van der Waals surface area contributed by atoms with Crippen LogP contribution in [0, 0.1) is 0 Å². The summed E-state index contributed by atoms with van der Waals surface area (Å²) in [5.41, 5.74) is 0.654. The number of fused-ring (bicyclic) bond motifs is 1. The van der Waals surface area contributed by atoms with Gasteiger partial charge in [0.2, 0.25) is 0 Å². The van der Waals surface area contributed by atoms with Crippen LogP contribution in [0.1, 0.15) is 20.7 Å². The summed E-state index contributed by atoms with van der Waals surface area (Å²) in [4.78, 5) is 29.2. The SMILES string of the molecule is O=C1c2ccccc2C(=O)N1CCS(=O)(=O)CCn1ccnc1. The van der Waals surface area contributed by atoms with Crippen molar-refractivity contribution in [1.29, 1.82) is 0 Å². The lowest BCUT2D eigenvalue weighted by atomic mass is 10.1. The average molecular weight is 333 g/mol. The van der Waals surface area contributed by atoms with Gasteiger partial charge in [0.15, 0.2) is 9.84 Å². The molecule has 0 atom stereocenters. The van der Waals surface area contributed by atoms with Crippen LogP contribution in [-0.2, 0) is 16.4 Å². The normalized spacial score (nSPS) is 14.3. The van der Waals surface area contributed by atoms with Crippen LogP contribution in [-0.4, -0.2) is 52.7 Å². The zero-order valence-corrected chi connectivity index (χ0v) is 13.1. The first kappa shape index (κ1) is 15.4. The maximum atomic E-state index is 12.2. The minimum absolute atomic E-state index is 0.0630. The van der Waals surface area contributed by atoms with Gasteiger partial charge in [-0.1, -0.05) is 12.1 Å². The van der Waals surface area contributed by atoms with E-state index in [1.54, 1.807) is 47.6 Å². The maximum Gasteiger partial charge on any atom is 0.261 e. The summed E-state index contributed by atoms with van der Waals surface area (Å²) >= 11 is 0. The van der Waals surface area contributed by atoms with Crippen molar-refractivity contribution in [1.82, 2.24) is 14.5 Å². The van der Waals surface area contributed by atoms with Gasteiger partial charge < -0.3 is 4.57 Å². The molecule has 1 aromatic carbocycles. The molecule has 0 saturated carbocycles. The molecule has 0 unspecified atom stereocenters. The number of nitrogens with zero attached hydrogens (tertiary/aromatic N) is 3. The predicted octanol–water partition coefficient (Wildman–Crippen LogP) is 0.594. The van der Waals surface area contributed by atoms with Gasteiger partial charge in [0, 0.05) is 25.5 Å². The van der Waals surface area contributed by atoms with Crippen molar-refractivity contribution in [3.8, 4) is 0 Å². The van der Waals surface area contributed by atoms with Crippen LogP contribution in [0.4, 0.5) is 0 Å². The van der Waals surface area contributed by atoms with Crippen molar-refractivity contribution in [3.63, 3.8) is 0 Å². The van der Waals surface area contributed by atoms with Crippen LogP contribution in [0.3, 0.4) is 0 Å². The van der Waals surface area contributed by atoms with Gasteiger partial charge >= 0.3 is 0 Å². The van der Waals surface area contributed by atoms with Crippen molar-refractivity contribution in [3.05, 3.63) is 54.1 Å². The highest BCUT2D eigenvalue weighted by Gasteiger charge is 2.35. The summed E-state index contributed by atoms with van der Waals surface area (Å²) in [5.74, 6) is -1.18. The predicted molar refractivity (Wildman–Crippen MR) is 82.7 cm³/mol. The van der Waals surface area contributed by atoms with E-state index in [1.807, 2.05) is 0 Å². The van der Waals surface area contributed by atoms with Crippen molar-refractivity contribution in [2.75, 3.05) is 18.1 Å². The van der Waals surface area contributed by atoms with E-state index in [9.17, 15) is 18.0 Å². The molecule has 0 radical (unpaired) electrons. The third-order valence-electron chi connectivity index (χ3n) is 3.72. The monoisotopic (exact) mass is 333 g/mol. The molecule has 2 amide bonds. The summed E-state index contributed by atoms with van der Waals surface area (Å²) in [6.07, 6.45) is 4.80. The fourth-order valence-electron chi connectivity index (χ4n) is 2.44. The van der Waals surface area contributed by atoms with Crippen LogP contribution in [0.25, 0.3) is 0 Å². The van der Waals surface area contributed by atoms with E-state index >= 15 is 0 Å². The smallest absolute Gasteiger partial charge is 0.261 e. The molecule has 1 aliphatic heterocycles. The largest absolute Gasteiger partial charge is 0.336 e. The Morgan fingerprint density at radius 3 is 2.13 bits per heavy atom. The third kappa shape index (κ3) is 3.16. The first-order valence-corrected chi connectivity index (χ1v) is 8.91. The number of aryl methyl sites for hydroxylation is 1. The molecule has 2 heterocycles. The Morgan fingerprint density at radius 2 is 1.57 bits per heavy atom. The Labute approximate surface area is 133 Å². The number of hydrogen-bond donors (Lipinski definition) is 0. The summed E-state index contributed by atoms with van der Waals surface area (Å²) in [6, 6.07) is 6.50.